The smallest absolute Gasteiger partial charge is 0.193 e. The number of rotatable bonds is 2. The Morgan fingerprint density at radius 1 is 1.64 bits per heavy atom. The molecule has 1 rings (SSSR count). The molecule has 0 spiro atoms. The minimum Gasteiger partial charge on any atom is -0.359 e. The van der Waals surface area contributed by atoms with Gasteiger partial charge in [-0.05, 0) is 18.6 Å². The molecule has 1 unspecified atom stereocenters. The summed E-state index contributed by atoms with van der Waals surface area (Å²) in [4.78, 5) is 6.60. The highest BCUT2D eigenvalue weighted by Crippen LogP contribution is 2.21. The molecule has 1 heterocycles. The molecule has 0 aliphatic carbocycles. The van der Waals surface area contributed by atoms with Crippen molar-refractivity contribution in [3.63, 3.8) is 0 Å². The van der Waals surface area contributed by atoms with Crippen molar-refractivity contribution < 1.29 is 0 Å². The monoisotopic (exact) mass is 215 g/mol. The van der Waals surface area contributed by atoms with Crippen LogP contribution in [0, 0.1) is 0 Å². The summed E-state index contributed by atoms with van der Waals surface area (Å²) in [6.45, 7) is 4.52. The van der Waals surface area contributed by atoms with Crippen molar-refractivity contribution in [2.24, 2.45) is 4.99 Å². The van der Waals surface area contributed by atoms with Gasteiger partial charge in [-0.25, -0.2) is 0 Å². The highest BCUT2D eigenvalue weighted by molar-refractivity contribution is 7.99. The van der Waals surface area contributed by atoms with Crippen LogP contribution >= 0.6 is 11.8 Å². The largest absolute Gasteiger partial charge is 0.359 e. The Morgan fingerprint density at radius 3 is 3.00 bits per heavy atom. The Hall–Kier alpha value is -0.380. The van der Waals surface area contributed by atoms with Gasteiger partial charge in [-0.3, -0.25) is 4.99 Å². The normalized spacial score (nSPS) is 23.8. The van der Waals surface area contributed by atoms with Crippen molar-refractivity contribution in [3.8, 4) is 0 Å². The SMILES string of the molecule is CCSC1CCCN(C(=NC)NC)C1. The summed E-state index contributed by atoms with van der Waals surface area (Å²) in [5.41, 5.74) is 0. The van der Waals surface area contributed by atoms with E-state index >= 15 is 0 Å². The minimum atomic E-state index is 0.791. The molecule has 1 N–H and O–H groups in total. The number of nitrogens with zero attached hydrogens (tertiary/aromatic N) is 2. The lowest BCUT2D eigenvalue weighted by Gasteiger charge is -2.34. The average molecular weight is 215 g/mol. The van der Waals surface area contributed by atoms with Crippen molar-refractivity contribution >= 4 is 17.7 Å². The van der Waals surface area contributed by atoms with E-state index in [9.17, 15) is 0 Å². The predicted octanol–water partition coefficient (Wildman–Crippen LogP) is 1.41. The van der Waals surface area contributed by atoms with E-state index in [4.69, 9.17) is 0 Å². The standard InChI is InChI=1S/C10H21N3S/c1-4-14-9-6-5-7-13(8-9)10(11-2)12-3/h9H,4-8H2,1-3H3,(H,11,12). The van der Waals surface area contributed by atoms with Crippen LogP contribution in [0.1, 0.15) is 19.8 Å². The van der Waals surface area contributed by atoms with Gasteiger partial charge >= 0.3 is 0 Å². The van der Waals surface area contributed by atoms with E-state index in [1.807, 2.05) is 14.1 Å². The highest BCUT2D eigenvalue weighted by atomic mass is 32.2. The van der Waals surface area contributed by atoms with E-state index in [0.717, 1.165) is 24.3 Å². The fourth-order valence-corrected chi connectivity index (χ4v) is 3.00. The molecule has 0 aromatic heterocycles. The second-order valence-corrected chi connectivity index (χ2v) is 5.04. The molecular weight excluding hydrogens is 194 g/mol. The molecule has 1 atom stereocenters. The van der Waals surface area contributed by atoms with Crippen molar-refractivity contribution in [1.82, 2.24) is 10.2 Å². The first kappa shape index (κ1) is 11.7. The number of aliphatic imine (C=N–C) groups is 1. The van der Waals surface area contributed by atoms with Crippen LogP contribution < -0.4 is 5.32 Å². The number of hydrogen-bond donors (Lipinski definition) is 1. The van der Waals surface area contributed by atoms with Crippen molar-refractivity contribution in [3.05, 3.63) is 0 Å². The molecule has 0 amide bonds. The minimum absolute atomic E-state index is 0.791. The van der Waals surface area contributed by atoms with Gasteiger partial charge in [0, 0.05) is 32.4 Å². The molecule has 1 aliphatic heterocycles. The Kier molecular flexibility index (Phi) is 5.15. The van der Waals surface area contributed by atoms with Gasteiger partial charge in [-0.2, -0.15) is 11.8 Å². The number of thioether (sulfide) groups is 1. The zero-order valence-electron chi connectivity index (χ0n) is 9.42. The molecule has 0 aromatic rings. The Bertz CT molecular complexity index is 192. The molecule has 0 saturated carbocycles. The summed E-state index contributed by atoms with van der Waals surface area (Å²) in [6.07, 6.45) is 2.65. The third kappa shape index (κ3) is 3.08. The Morgan fingerprint density at radius 2 is 2.43 bits per heavy atom. The van der Waals surface area contributed by atoms with Crippen LogP contribution in [0.3, 0.4) is 0 Å². The Balaban J connectivity index is 2.46. The van der Waals surface area contributed by atoms with Crippen molar-refractivity contribution in [2.75, 3.05) is 32.9 Å². The van der Waals surface area contributed by atoms with Gasteiger partial charge in [0.15, 0.2) is 5.96 Å². The molecule has 1 fully saturated rings. The topological polar surface area (TPSA) is 27.6 Å². The van der Waals surface area contributed by atoms with E-state index in [1.165, 1.54) is 18.6 Å². The average Bonchev–Trinajstić information content (AvgIpc) is 2.21. The fourth-order valence-electron chi connectivity index (χ4n) is 1.91. The van der Waals surface area contributed by atoms with Crippen LogP contribution in [-0.4, -0.2) is 49.0 Å². The van der Waals surface area contributed by atoms with Gasteiger partial charge in [-0.15, -0.1) is 0 Å². The first-order chi connectivity index (χ1) is 6.81. The third-order valence-corrected chi connectivity index (χ3v) is 3.70. The fraction of sp³-hybridized carbons (Fsp3) is 0.900. The number of piperidine rings is 1. The van der Waals surface area contributed by atoms with Crippen LogP contribution in [0.25, 0.3) is 0 Å². The second kappa shape index (κ2) is 6.17. The second-order valence-electron chi connectivity index (χ2n) is 3.46. The maximum Gasteiger partial charge on any atom is 0.193 e. The lowest BCUT2D eigenvalue weighted by molar-refractivity contribution is 0.341. The highest BCUT2D eigenvalue weighted by Gasteiger charge is 2.21. The van der Waals surface area contributed by atoms with Gasteiger partial charge in [0.2, 0.25) is 0 Å². The third-order valence-electron chi connectivity index (χ3n) is 2.52. The zero-order valence-corrected chi connectivity index (χ0v) is 10.2. The van der Waals surface area contributed by atoms with Crippen LogP contribution in [0.15, 0.2) is 4.99 Å². The predicted molar refractivity (Wildman–Crippen MR) is 65.1 cm³/mol. The van der Waals surface area contributed by atoms with Gasteiger partial charge < -0.3 is 10.2 Å². The summed E-state index contributed by atoms with van der Waals surface area (Å²) >= 11 is 2.07. The zero-order chi connectivity index (χ0) is 10.4. The summed E-state index contributed by atoms with van der Waals surface area (Å²) in [5.74, 6) is 2.25. The quantitative estimate of drug-likeness (QED) is 0.557. The van der Waals surface area contributed by atoms with E-state index in [-0.39, 0.29) is 0 Å². The van der Waals surface area contributed by atoms with E-state index < -0.39 is 0 Å². The molecule has 82 valence electrons. The maximum atomic E-state index is 4.25. The Labute approximate surface area is 91.3 Å². The van der Waals surface area contributed by atoms with E-state index in [2.05, 4.69) is 33.9 Å². The van der Waals surface area contributed by atoms with Gasteiger partial charge in [-0.1, -0.05) is 6.92 Å². The molecule has 3 nitrogen and oxygen atoms in total. The lowest BCUT2D eigenvalue weighted by atomic mass is 10.1. The molecule has 14 heavy (non-hydrogen) atoms. The van der Waals surface area contributed by atoms with Crippen LogP contribution in [0.5, 0.6) is 0 Å². The van der Waals surface area contributed by atoms with Crippen molar-refractivity contribution in [2.45, 2.75) is 25.0 Å². The number of guanidine groups is 1. The summed E-state index contributed by atoms with van der Waals surface area (Å²) in [7, 11) is 3.79. The molecule has 1 aliphatic rings. The van der Waals surface area contributed by atoms with E-state index in [0.29, 0.717) is 0 Å². The van der Waals surface area contributed by atoms with Gasteiger partial charge in [0.05, 0.1) is 0 Å². The first-order valence-electron chi connectivity index (χ1n) is 5.32. The van der Waals surface area contributed by atoms with Gasteiger partial charge in [0.1, 0.15) is 0 Å². The molecule has 0 aromatic carbocycles. The van der Waals surface area contributed by atoms with Crippen LogP contribution in [0.4, 0.5) is 0 Å². The number of hydrogen-bond acceptors (Lipinski definition) is 2. The summed E-state index contributed by atoms with van der Waals surface area (Å²) in [5, 5.41) is 3.94. The molecule has 0 bridgehead atoms. The summed E-state index contributed by atoms with van der Waals surface area (Å²) in [6, 6.07) is 0. The first-order valence-corrected chi connectivity index (χ1v) is 6.37. The number of likely N-dealkylation sites (tertiary alicyclic amines) is 1. The van der Waals surface area contributed by atoms with E-state index in [1.54, 1.807) is 0 Å². The lowest BCUT2D eigenvalue weighted by Crippen LogP contribution is -2.46. The molecular formula is C10H21N3S. The maximum absolute atomic E-state index is 4.25. The van der Waals surface area contributed by atoms with Crippen LogP contribution in [-0.2, 0) is 0 Å². The molecule has 4 heteroatoms. The molecule has 0 radical (unpaired) electrons. The van der Waals surface area contributed by atoms with Crippen LogP contribution in [0.2, 0.25) is 0 Å². The van der Waals surface area contributed by atoms with Gasteiger partial charge in [0.25, 0.3) is 0 Å². The number of nitrogens with one attached hydrogen (secondary N) is 1. The molecule has 1 saturated heterocycles. The summed E-state index contributed by atoms with van der Waals surface area (Å²) < 4.78 is 0. The van der Waals surface area contributed by atoms with Crippen molar-refractivity contribution in [1.29, 1.82) is 0 Å².